The molecule has 0 aromatic heterocycles. The summed E-state index contributed by atoms with van der Waals surface area (Å²) in [5.74, 6) is 0.889. The Morgan fingerprint density at radius 1 is 1.30 bits per heavy atom. The number of piperidine rings is 1. The Balaban J connectivity index is 1.77. The van der Waals surface area contributed by atoms with Crippen molar-refractivity contribution >= 4 is 12.0 Å². The van der Waals surface area contributed by atoms with Crippen LogP contribution in [-0.2, 0) is 16.1 Å². The van der Waals surface area contributed by atoms with Crippen LogP contribution in [0.1, 0.15) is 30.9 Å². The van der Waals surface area contributed by atoms with Crippen molar-refractivity contribution in [2.45, 2.75) is 39.3 Å². The maximum Gasteiger partial charge on any atom is 0.409 e. The Morgan fingerprint density at radius 3 is 2.63 bits per heavy atom. The summed E-state index contributed by atoms with van der Waals surface area (Å²) in [6.07, 6.45) is 1.25. The first-order chi connectivity index (χ1) is 12.9. The number of nitrogens with zero attached hydrogens (tertiary/aromatic N) is 1. The highest BCUT2D eigenvalue weighted by atomic mass is 16.6. The number of carbonyl (C=O) groups is 2. The normalized spacial score (nSPS) is 15.9. The highest BCUT2D eigenvalue weighted by Crippen LogP contribution is 2.18. The predicted molar refractivity (Wildman–Crippen MR) is 103 cm³/mol. The summed E-state index contributed by atoms with van der Waals surface area (Å²) in [4.78, 5) is 26.9. The van der Waals surface area contributed by atoms with E-state index < -0.39 is 0 Å². The van der Waals surface area contributed by atoms with Crippen LogP contribution in [0.3, 0.4) is 0 Å². The van der Waals surface area contributed by atoms with Gasteiger partial charge in [0, 0.05) is 24.7 Å². The van der Waals surface area contributed by atoms with Gasteiger partial charge in [-0.05, 0) is 38.8 Å². The third-order valence-corrected chi connectivity index (χ3v) is 4.78. The second-order valence-electron chi connectivity index (χ2n) is 7.15. The van der Waals surface area contributed by atoms with E-state index in [4.69, 9.17) is 9.47 Å². The minimum Gasteiger partial charge on any atom is -0.496 e. The van der Waals surface area contributed by atoms with Crippen molar-refractivity contribution in [2.75, 3.05) is 40.4 Å². The van der Waals surface area contributed by atoms with Gasteiger partial charge in [0.2, 0.25) is 0 Å². The van der Waals surface area contributed by atoms with Crippen LogP contribution < -0.4 is 15.0 Å². The summed E-state index contributed by atoms with van der Waals surface area (Å²) < 4.78 is 10.4. The molecule has 1 aliphatic rings. The van der Waals surface area contributed by atoms with Crippen LogP contribution in [0.25, 0.3) is 0 Å². The number of likely N-dealkylation sites (N-methyl/N-ethyl adjacent to an activating group) is 1. The van der Waals surface area contributed by atoms with Gasteiger partial charge in [-0.3, -0.25) is 4.79 Å². The average Bonchev–Trinajstić information content (AvgIpc) is 2.62. The number of likely N-dealkylation sites (tertiary alicyclic amines) is 1. The summed E-state index contributed by atoms with van der Waals surface area (Å²) in [7, 11) is 3.67. The molecule has 1 aliphatic heterocycles. The first kappa shape index (κ1) is 21.0. The Morgan fingerprint density at radius 2 is 2.00 bits per heavy atom. The van der Waals surface area contributed by atoms with Crippen LogP contribution >= 0.6 is 0 Å². The minimum absolute atomic E-state index is 0.0358. The summed E-state index contributed by atoms with van der Waals surface area (Å²) in [5, 5.41) is 3.10. The van der Waals surface area contributed by atoms with E-state index in [0.717, 1.165) is 35.6 Å². The topological polar surface area (TPSA) is 72.3 Å². The van der Waals surface area contributed by atoms with Crippen molar-refractivity contribution in [3.8, 4) is 5.75 Å². The third-order valence-electron chi connectivity index (χ3n) is 4.78. The molecule has 2 N–H and O–H groups in total. The quantitative estimate of drug-likeness (QED) is 0.735. The second-order valence-corrected chi connectivity index (χ2v) is 7.15. The number of benzene rings is 1. The van der Waals surface area contributed by atoms with Gasteiger partial charge in [-0.25, -0.2) is 4.79 Å². The Bertz CT molecular complexity index is 642. The number of hydrogen-bond donors (Lipinski definition) is 2. The van der Waals surface area contributed by atoms with E-state index in [2.05, 4.69) is 11.4 Å². The molecule has 1 aromatic carbocycles. The number of quaternary nitrogens is 1. The number of carbonyl (C=O) groups excluding carboxylic acids is 2. The highest BCUT2D eigenvalue weighted by Gasteiger charge is 2.25. The van der Waals surface area contributed by atoms with Gasteiger partial charge in [0.05, 0.1) is 20.8 Å². The molecule has 1 unspecified atom stereocenters. The lowest BCUT2D eigenvalue weighted by molar-refractivity contribution is -0.885. The molecule has 1 atom stereocenters. The Kier molecular flexibility index (Phi) is 7.91. The molecule has 0 radical (unpaired) electrons. The zero-order chi connectivity index (χ0) is 19.8. The van der Waals surface area contributed by atoms with Crippen LogP contribution in [0.5, 0.6) is 5.75 Å². The zero-order valence-corrected chi connectivity index (χ0v) is 16.8. The van der Waals surface area contributed by atoms with Crippen molar-refractivity contribution in [3.63, 3.8) is 0 Å². The van der Waals surface area contributed by atoms with Crippen LogP contribution in [0, 0.1) is 6.92 Å². The smallest absolute Gasteiger partial charge is 0.409 e. The molecule has 7 nitrogen and oxygen atoms in total. The lowest BCUT2D eigenvalue weighted by Gasteiger charge is -2.31. The molecular weight excluding hydrogens is 346 g/mol. The predicted octanol–water partition coefficient (Wildman–Crippen LogP) is 0.755. The monoisotopic (exact) mass is 378 g/mol. The van der Waals surface area contributed by atoms with Gasteiger partial charge in [-0.1, -0.05) is 11.6 Å². The van der Waals surface area contributed by atoms with Gasteiger partial charge in [0.15, 0.2) is 6.54 Å². The van der Waals surface area contributed by atoms with Gasteiger partial charge in [0.1, 0.15) is 12.3 Å². The summed E-state index contributed by atoms with van der Waals surface area (Å²) in [5.41, 5.74) is 2.28. The van der Waals surface area contributed by atoms with Gasteiger partial charge in [-0.2, -0.15) is 0 Å². The largest absolute Gasteiger partial charge is 0.496 e. The van der Waals surface area contributed by atoms with Gasteiger partial charge >= 0.3 is 6.09 Å². The molecule has 0 bridgehead atoms. The fourth-order valence-corrected chi connectivity index (χ4v) is 3.41. The number of ether oxygens (including phenoxy) is 2. The van der Waals surface area contributed by atoms with Crippen molar-refractivity contribution < 1.29 is 24.0 Å². The fourth-order valence-electron chi connectivity index (χ4n) is 3.41. The number of nitrogens with one attached hydrogen (secondary N) is 2. The maximum atomic E-state index is 12.4. The molecule has 1 aromatic rings. The van der Waals surface area contributed by atoms with E-state index in [1.165, 1.54) is 5.56 Å². The molecule has 1 saturated heterocycles. The molecule has 27 heavy (non-hydrogen) atoms. The van der Waals surface area contributed by atoms with Gasteiger partial charge in [-0.15, -0.1) is 0 Å². The number of hydrogen-bond acceptors (Lipinski definition) is 4. The highest BCUT2D eigenvalue weighted by molar-refractivity contribution is 5.77. The van der Waals surface area contributed by atoms with Gasteiger partial charge in [0.25, 0.3) is 5.91 Å². The number of methoxy groups -OCH3 is 1. The molecule has 0 saturated carbocycles. The minimum atomic E-state index is -0.265. The lowest BCUT2D eigenvalue weighted by Crippen LogP contribution is -3.09. The standard InChI is InChI=1S/C20H31N3O4/c1-5-27-20(25)23-10-8-17(9-11-23)21-19(24)14-22(3)13-16-12-15(2)6-7-18(16)26-4/h6-7,12,17H,5,8-11,13-14H2,1-4H3,(H,21,24)/p+1. The summed E-state index contributed by atoms with van der Waals surface area (Å²) in [6, 6.07) is 6.21. The number of amides is 2. The van der Waals surface area contributed by atoms with E-state index in [9.17, 15) is 9.59 Å². The van der Waals surface area contributed by atoms with Crippen molar-refractivity contribution in [1.29, 1.82) is 0 Å². The van der Waals surface area contributed by atoms with Crippen LogP contribution in [0.2, 0.25) is 0 Å². The molecule has 2 amide bonds. The first-order valence-electron chi connectivity index (χ1n) is 9.58. The molecule has 7 heteroatoms. The molecule has 1 fully saturated rings. The average molecular weight is 378 g/mol. The summed E-state index contributed by atoms with van der Waals surface area (Å²) in [6.45, 7) is 6.59. The van der Waals surface area contributed by atoms with Gasteiger partial charge < -0.3 is 24.6 Å². The van der Waals surface area contributed by atoms with Crippen molar-refractivity contribution in [1.82, 2.24) is 10.2 Å². The zero-order valence-electron chi connectivity index (χ0n) is 16.8. The van der Waals surface area contributed by atoms with E-state index in [-0.39, 0.29) is 18.0 Å². The van der Waals surface area contributed by atoms with E-state index in [0.29, 0.717) is 26.2 Å². The molecule has 2 rings (SSSR count). The second kappa shape index (κ2) is 10.2. The maximum absolute atomic E-state index is 12.4. The molecule has 1 heterocycles. The number of rotatable bonds is 7. The Hall–Kier alpha value is -2.28. The van der Waals surface area contributed by atoms with E-state index in [1.807, 2.05) is 26.1 Å². The van der Waals surface area contributed by atoms with Crippen molar-refractivity contribution in [3.05, 3.63) is 29.3 Å². The van der Waals surface area contributed by atoms with Crippen LogP contribution in [0.15, 0.2) is 18.2 Å². The fraction of sp³-hybridized carbons (Fsp3) is 0.600. The SMILES string of the molecule is CCOC(=O)N1CCC(NC(=O)C[NH+](C)Cc2cc(C)ccc2OC)CC1. The summed E-state index contributed by atoms with van der Waals surface area (Å²) >= 11 is 0. The molecule has 0 spiro atoms. The first-order valence-corrected chi connectivity index (χ1v) is 9.58. The lowest BCUT2D eigenvalue weighted by atomic mass is 10.1. The number of aryl methyl sites for hydroxylation is 1. The van der Waals surface area contributed by atoms with Crippen LogP contribution in [-0.4, -0.2) is 63.3 Å². The molecule has 0 aliphatic carbocycles. The Labute approximate surface area is 161 Å². The van der Waals surface area contributed by atoms with E-state index in [1.54, 1.807) is 18.9 Å². The van der Waals surface area contributed by atoms with Crippen LogP contribution in [0.4, 0.5) is 4.79 Å². The van der Waals surface area contributed by atoms with Crippen molar-refractivity contribution in [2.24, 2.45) is 0 Å². The van der Waals surface area contributed by atoms with E-state index >= 15 is 0 Å². The molecular formula is C20H32N3O4+. The third kappa shape index (κ3) is 6.43. The molecule has 150 valence electrons.